The fraction of sp³-hybridized carbons (Fsp3) is 0.600. The van der Waals surface area contributed by atoms with Crippen molar-refractivity contribution in [1.29, 1.82) is 0 Å². The zero-order chi connectivity index (χ0) is 13.0. The summed E-state index contributed by atoms with van der Waals surface area (Å²) in [5, 5.41) is 9.66. The van der Waals surface area contributed by atoms with Gasteiger partial charge in [0.2, 0.25) is 0 Å². The predicted molar refractivity (Wildman–Crippen MR) is 70.9 cm³/mol. The molecule has 3 unspecified atom stereocenters. The molecule has 18 heavy (non-hydrogen) atoms. The van der Waals surface area contributed by atoms with E-state index in [0.717, 1.165) is 18.6 Å². The Morgan fingerprint density at radius 2 is 1.94 bits per heavy atom. The maximum atomic E-state index is 9.66. The molecule has 1 saturated carbocycles. The monoisotopic (exact) mass is 250 g/mol. The Morgan fingerprint density at radius 3 is 2.50 bits per heavy atom. The van der Waals surface area contributed by atoms with Gasteiger partial charge in [0.25, 0.3) is 0 Å². The van der Waals surface area contributed by atoms with E-state index in [-0.39, 0.29) is 18.3 Å². The second-order valence-electron chi connectivity index (χ2n) is 4.79. The van der Waals surface area contributed by atoms with Crippen molar-refractivity contribution in [2.45, 2.75) is 51.4 Å². The average Bonchev–Trinajstić information content (AvgIpc) is 2.39. The lowest BCUT2D eigenvalue weighted by molar-refractivity contribution is -0.162. The lowest BCUT2D eigenvalue weighted by atomic mass is 9.88. The van der Waals surface area contributed by atoms with E-state index >= 15 is 0 Å². The molecule has 0 aromatic heterocycles. The molecular weight excluding hydrogens is 228 g/mol. The lowest BCUT2D eigenvalue weighted by Gasteiger charge is -2.40. The minimum atomic E-state index is -0.378. The van der Waals surface area contributed by atoms with E-state index in [2.05, 4.69) is 26.0 Å². The van der Waals surface area contributed by atoms with Crippen molar-refractivity contribution in [1.82, 2.24) is 0 Å². The standard InChI is InChI=1S/C15H22O3/c1-3-9-17-15-13(16)10-14(15)18-12-7-5-11(4-2)6-8-12/h5-8,13-16H,3-4,9-10H2,1-2H3. The van der Waals surface area contributed by atoms with Crippen LogP contribution in [-0.2, 0) is 11.2 Å². The van der Waals surface area contributed by atoms with Crippen LogP contribution in [0.3, 0.4) is 0 Å². The Labute approximate surface area is 109 Å². The fourth-order valence-electron chi connectivity index (χ4n) is 2.12. The maximum Gasteiger partial charge on any atom is 0.130 e. The van der Waals surface area contributed by atoms with E-state index in [0.29, 0.717) is 13.0 Å². The highest BCUT2D eigenvalue weighted by Gasteiger charge is 2.42. The van der Waals surface area contributed by atoms with Crippen LogP contribution in [0.5, 0.6) is 5.75 Å². The van der Waals surface area contributed by atoms with Crippen LogP contribution in [0.1, 0.15) is 32.3 Å². The van der Waals surface area contributed by atoms with Gasteiger partial charge in [-0.25, -0.2) is 0 Å². The van der Waals surface area contributed by atoms with Gasteiger partial charge in [-0.3, -0.25) is 0 Å². The molecular formula is C15H22O3. The Kier molecular flexibility index (Phi) is 4.61. The minimum absolute atomic E-state index is 0.0148. The molecule has 2 rings (SSSR count). The quantitative estimate of drug-likeness (QED) is 0.843. The van der Waals surface area contributed by atoms with Gasteiger partial charge in [0, 0.05) is 13.0 Å². The molecule has 3 nitrogen and oxygen atoms in total. The molecule has 0 spiro atoms. The van der Waals surface area contributed by atoms with Crippen LogP contribution in [0, 0.1) is 0 Å². The van der Waals surface area contributed by atoms with E-state index in [4.69, 9.17) is 9.47 Å². The lowest BCUT2D eigenvalue weighted by Crippen LogP contribution is -2.55. The van der Waals surface area contributed by atoms with Gasteiger partial charge in [0.15, 0.2) is 0 Å². The molecule has 1 N–H and O–H groups in total. The number of hydrogen-bond acceptors (Lipinski definition) is 3. The number of aryl methyl sites for hydroxylation is 1. The number of ether oxygens (including phenoxy) is 2. The fourth-order valence-corrected chi connectivity index (χ4v) is 2.12. The highest BCUT2D eigenvalue weighted by atomic mass is 16.6. The minimum Gasteiger partial charge on any atom is -0.488 e. The van der Waals surface area contributed by atoms with Crippen LogP contribution in [0.15, 0.2) is 24.3 Å². The van der Waals surface area contributed by atoms with Crippen LogP contribution in [0.2, 0.25) is 0 Å². The number of hydrogen-bond donors (Lipinski definition) is 1. The van der Waals surface area contributed by atoms with Crippen LogP contribution in [0.4, 0.5) is 0 Å². The molecule has 0 saturated heterocycles. The molecule has 3 heteroatoms. The number of aliphatic hydroxyl groups excluding tert-OH is 1. The van der Waals surface area contributed by atoms with Crippen LogP contribution in [0.25, 0.3) is 0 Å². The van der Waals surface area contributed by atoms with Crippen molar-refractivity contribution < 1.29 is 14.6 Å². The summed E-state index contributed by atoms with van der Waals surface area (Å²) in [6.45, 7) is 4.87. The molecule has 0 amide bonds. The molecule has 0 bridgehead atoms. The first-order valence-corrected chi connectivity index (χ1v) is 6.79. The van der Waals surface area contributed by atoms with Gasteiger partial charge in [-0.1, -0.05) is 26.0 Å². The Hall–Kier alpha value is -1.06. The SMILES string of the molecule is CCCOC1C(O)CC1Oc1ccc(CC)cc1. The summed E-state index contributed by atoms with van der Waals surface area (Å²) in [7, 11) is 0. The van der Waals surface area contributed by atoms with Gasteiger partial charge in [-0.2, -0.15) is 0 Å². The Bertz CT molecular complexity index is 361. The molecule has 1 fully saturated rings. The van der Waals surface area contributed by atoms with E-state index in [9.17, 15) is 5.11 Å². The van der Waals surface area contributed by atoms with Crippen LogP contribution in [-0.4, -0.2) is 30.0 Å². The Morgan fingerprint density at radius 1 is 1.22 bits per heavy atom. The summed E-state index contributed by atoms with van der Waals surface area (Å²) < 4.78 is 11.4. The summed E-state index contributed by atoms with van der Waals surface area (Å²) in [6.07, 6.45) is 2.08. The van der Waals surface area contributed by atoms with Gasteiger partial charge >= 0.3 is 0 Å². The molecule has 1 aliphatic carbocycles. The highest BCUT2D eigenvalue weighted by Crippen LogP contribution is 2.29. The topological polar surface area (TPSA) is 38.7 Å². The molecule has 1 aromatic carbocycles. The molecule has 0 heterocycles. The summed E-state index contributed by atoms with van der Waals surface area (Å²) in [5.74, 6) is 0.856. The van der Waals surface area contributed by atoms with Crippen LogP contribution >= 0.6 is 0 Å². The zero-order valence-corrected chi connectivity index (χ0v) is 11.1. The van der Waals surface area contributed by atoms with E-state index < -0.39 is 0 Å². The van der Waals surface area contributed by atoms with E-state index in [1.165, 1.54) is 5.56 Å². The Balaban J connectivity index is 1.88. The molecule has 100 valence electrons. The molecule has 0 aliphatic heterocycles. The number of rotatable bonds is 6. The number of benzene rings is 1. The highest BCUT2D eigenvalue weighted by molar-refractivity contribution is 5.27. The second kappa shape index (κ2) is 6.21. The first-order valence-electron chi connectivity index (χ1n) is 6.79. The maximum absolute atomic E-state index is 9.66. The van der Waals surface area contributed by atoms with Crippen molar-refractivity contribution in [2.24, 2.45) is 0 Å². The van der Waals surface area contributed by atoms with E-state index in [1.807, 2.05) is 12.1 Å². The second-order valence-corrected chi connectivity index (χ2v) is 4.79. The van der Waals surface area contributed by atoms with Crippen molar-refractivity contribution in [3.63, 3.8) is 0 Å². The van der Waals surface area contributed by atoms with Crippen molar-refractivity contribution in [3.05, 3.63) is 29.8 Å². The van der Waals surface area contributed by atoms with Gasteiger partial charge in [-0.05, 0) is 30.5 Å². The summed E-state index contributed by atoms with van der Waals surface area (Å²) in [5.41, 5.74) is 1.30. The van der Waals surface area contributed by atoms with Gasteiger partial charge in [0.1, 0.15) is 18.0 Å². The average molecular weight is 250 g/mol. The van der Waals surface area contributed by atoms with Gasteiger partial charge < -0.3 is 14.6 Å². The third-order valence-corrected chi connectivity index (χ3v) is 3.35. The third kappa shape index (κ3) is 3.03. The first-order chi connectivity index (χ1) is 8.74. The normalized spacial score (nSPS) is 26.7. The third-order valence-electron chi connectivity index (χ3n) is 3.35. The van der Waals surface area contributed by atoms with Gasteiger partial charge in [-0.15, -0.1) is 0 Å². The predicted octanol–water partition coefficient (Wildman–Crippen LogP) is 2.56. The zero-order valence-electron chi connectivity index (χ0n) is 11.1. The molecule has 1 aliphatic rings. The van der Waals surface area contributed by atoms with Crippen LogP contribution < -0.4 is 4.74 Å². The largest absolute Gasteiger partial charge is 0.488 e. The number of aliphatic hydroxyl groups is 1. The summed E-state index contributed by atoms with van der Waals surface area (Å²) in [4.78, 5) is 0. The summed E-state index contributed by atoms with van der Waals surface area (Å²) in [6, 6.07) is 8.12. The molecule has 1 aromatic rings. The first kappa shape index (κ1) is 13.4. The van der Waals surface area contributed by atoms with Crippen molar-refractivity contribution in [2.75, 3.05) is 6.61 Å². The van der Waals surface area contributed by atoms with E-state index in [1.54, 1.807) is 0 Å². The molecule has 3 atom stereocenters. The smallest absolute Gasteiger partial charge is 0.130 e. The van der Waals surface area contributed by atoms with Gasteiger partial charge in [0.05, 0.1) is 6.10 Å². The molecule has 0 radical (unpaired) electrons. The summed E-state index contributed by atoms with van der Waals surface area (Å²) >= 11 is 0. The van der Waals surface area contributed by atoms with Crippen molar-refractivity contribution >= 4 is 0 Å². The van der Waals surface area contributed by atoms with Crippen molar-refractivity contribution in [3.8, 4) is 5.75 Å².